The van der Waals surface area contributed by atoms with Crippen LogP contribution in [0.2, 0.25) is 0 Å². The molecule has 2 amide bonds. The van der Waals surface area contributed by atoms with Crippen LogP contribution in [-0.4, -0.2) is 23.0 Å². The van der Waals surface area contributed by atoms with Crippen molar-refractivity contribution in [2.75, 3.05) is 5.32 Å². The van der Waals surface area contributed by atoms with Crippen molar-refractivity contribution in [3.05, 3.63) is 47.5 Å². The standard InChI is InChI=1S/C17H18FN3O3/c1-10-9-14(21-24-10)20-15(22)11(2)19-16(23)17(7-8-17)12-5-3-4-6-13(12)18/h3-6,9,11H,7-8H2,1-2H3,(H,19,23)(H,20,21,22). The van der Waals surface area contributed by atoms with E-state index in [9.17, 15) is 14.0 Å². The van der Waals surface area contributed by atoms with Gasteiger partial charge in [0.25, 0.3) is 0 Å². The van der Waals surface area contributed by atoms with Crippen molar-refractivity contribution in [1.82, 2.24) is 10.5 Å². The Morgan fingerprint density at radius 2 is 2.04 bits per heavy atom. The van der Waals surface area contributed by atoms with Crippen LogP contribution in [0.4, 0.5) is 10.2 Å². The van der Waals surface area contributed by atoms with Crippen molar-refractivity contribution >= 4 is 17.6 Å². The van der Waals surface area contributed by atoms with Crippen molar-refractivity contribution in [1.29, 1.82) is 0 Å². The molecule has 1 atom stereocenters. The summed E-state index contributed by atoms with van der Waals surface area (Å²) in [7, 11) is 0. The van der Waals surface area contributed by atoms with E-state index in [0.29, 0.717) is 24.2 Å². The average molecular weight is 331 g/mol. The van der Waals surface area contributed by atoms with Gasteiger partial charge in [0, 0.05) is 11.6 Å². The predicted octanol–water partition coefficient (Wildman–Crippen LogP) is 2.30. The Kier molecular flexibility index (Phi) is 4.09. The number of benzene rings is 1. The van der Waals surface area contributed by atoms with Crippen LogP contribution in [0.15, 0.2) is 34.9 Å². The highest BCUT2D eigenvalue weighted by Crippen LogP contribution is 2.49. The molecule has 2 aromatic rings. The summed E-state index contributed by atoms with van der Waals surface area (Å²) in [5.74, 6) is -0.305. The molecular weight excluding hydrogens is 313 g/mol. The number of aryl methyl sites for hydroxylation is 1. The first-order valence-electron chi connectivity index (χ1n) is 7.72. The average Bonchev–Trinajstić information content (AvgIpc) is 3.25. The van der Waals surface area contributed by atoms with Crippen molar-refractivity contribution in [2.24, 2.45) is 0 Å². The predicted molar refractivity (Wildman–Crippen MR) is 84.8 cm³/mol. The highest BCUT2D eigenvalue weighted by atomic mass is 19.1. The Morgan fingerprint density at radius 3 is 2.62 bits per heavy atom. The van der Waals surface area contributed by atoms with Gasteiger partial charge in [-0.2, -0.15) is 0 Å². The van der Waals surface area contributed by atoms with Gasteiger partial charge in [-0.15, -0.1) is 0 Å². The monoisotopic (exact) mass is 331 g/mol. The van der Waals surface area contributed by atoms with E-state index in [1.165, 1.54) is 6.07 Å². The number of halogens is 1. The third-order valence-electron chi connectivity index (χ3n) is 4.19. The molecule has 0 aliphatic heterocycles. The van der Waals surface area contributed by atoms with Crippen LogP contribution in [0.3, 0.4) is 0 Å². The Bertz CT molecular complexity index is 783. The fourth-order valence-electron chi connectivity index (χ4n) is 2.65. The number of amides is 2. The second-order valence-corrected chi connectivity index (χ2v) is 6.07. The molecule has 1 saturated carbocycles. The van der Waals surface area contributed by atoms with Crippen LogP contribution >= 0.6 is 0 Å². The zero-order valence-corrected chi connectivity index (χ0v) is 13.4. The minimum absolute atomic E-state index is 0.286. The number of hydrogen-bond acceptors (Lipinski definition) is 4. The number of carbonyl (C=O) groups excluding carboxylic acids is 2. The lowest BCUT2D eigenvalue weighted by molar-refractivity contribution is -0.128. The molecule has 1 heterocycles. The number of anilines is 1. The van der Waals surface area contributed by atoms with Gasteiger partial charge >= 0.3 is 0 Å². The van der Waals surface area contributed by atoms with Crippen LogP contribution in [-0.2, 0) is 15.0 Å². The van der Waals surface area contributed by atoms with Crippen molar-refractivity contribution in [2.45, 2.75) is 38.1 Å². The van der Waals surface area contributed by atoms with E-state index in [1.54, 1.807) is 38.1 Å². The van der Waals surface area contributed by atoms with E-state index in [2.05, 4.69) is 15.8 Å². The largest absolute Gasteiger partial charge is 0.360 e. The lowest BCUT2D eigenvalue weighted by Gasteiger charge is -2.19. The fraction of sp³-hybridized carbons (Fsp3) is 0.353. The van der Waals surface area contributed by atoms with E-state index in [4.69, 9.17) is 4.52 Å². The molecule has 1 aromatic heterocycles. The summed E-state index contributed by atoms with van der Waals surface area (Å²) in [5.41, 5.74) is -0.494. The summed E-state index contributed by atoms with van der Waals surface area (Å²) in [6, 6.07) is 7.04. The second-order valence-electron chi connectivity index (χ2n) is 6.07. The minimum atomic E-state index is -0.871. The summed E-state index contributed by atoms with van der Waals surface area (Å²) >= 11 is 0. The van der Waals surface area contributed by atoms with Crippen LogP contribution in [0.1, 0.15) is 31.1 Å². The van der Waals surface area contributed by atoms with Crippen LogP contribution in [0.5, 0.6) is 0 Å². The molecule has 24 heavy (non-hydrogen) atoms. The number of rotatable bonds is 5. The van der Waals surface area contributed by atoms with Gasteiger partial charge in [0.15, 0.2) is 5.82 Å². The molecule has 0 bridgehead atoms. The quantitative estimate of drug-likeness (QED) is 0.880. The molecule has 1 aromatic carbocycles. The lowest BCUT2D eigenvalue weighted by atomic mass is 9.94. The van der Waals surface area contributed by atoms with Crippen molar-refractivity contribution in [3.8, 4) is 0 Å². The van der Waals surface area contributed by atoms with Crippen LogP contribution < -0.4 is 10.6 Å². The molecule has 0 saturated heterocycles. The molecule has 1 aliphatic carbocycles. The Balaban J connectivity index is 1.66. The van der Waals surface area contributed by atoms with E-state index in [0.717, 1.165) is 0 Å². The van der Waals surface area contributed by atoms with E-state index >= 15 is 0 Å². The molecular formula is C17H18FN3O3. The summed E-state index contributed by atoms with van der Waals surface area (Å²) in [4.78, 5) is 24.7. The molecule has 0 radical (unpaired) electrons. The maximum Gasteiger partial charge on any atom is 0.247 e. The van der Waals surface area contributed by atoms with Gasteiger partial charge in [-0.1, -0.05) is 23.4 Å². The first-order valence-corrected chi connectivity index (χ1v) is 7.72. The molecule has 3 rings (SSSR count). The Hall–Kier alpha value is -2.70. The third kappa shape index (κ3) is 3.02. The molecule has 1 fully saturated rings. The zero-order valence-electron chi connectivity index (χ0n) is 13.4. The molecule has 2 N–H and O–H groups in total. The SMILES string of the molecule is Cc1cc(NC(=O)C(C)NC(=O)C2(c3ccccc3F)CC2)no1. The highest BCUT2D eigenvalue weighted by Gasteiger charge is 2.53. The van der Waals surface area contributed by atoms with Gasteiger partial charge in [0.05, 0.1) is 5.41 Å². The molecule has 1 unspecified atom stereocenters. The molecule has 7 heteroatoms. The second kappa shape index (κ2) is 6.07. The molecule has 1 aliphatic rings. The van der Waals surface area contributed by atoms with E-state index in [1.807, 2.05) is 0 Å². The first-order chi connectivity index (χ1) is 11.4. The van der Waals surface area contributed by atoms with E-state index < -0.39 is 23.2 Å². The first kappa shape index (κ1) is 16.2. The van der Waals surface area contributed by atoms with Crippen molar-refractivity contribution in [3.63, 3.8) is 0 Å². The number of aromatic nitrogens is 1. The summed E-state index contributed by atoms with van der Waals surface area (Å²) in [6.07, 6.45) is 1.13. The molecule has 0 spiro atoms. The van der Waals surface area contributed by atoms with Crippen molar-refractivity contribution < 1.29 is 18.5 Å². The number of hydrogen-bond donors (Lipinski definition) is 2. The zero-order chi connectivity index (χ0) is 17.3. The Morgan fingerprint density at radius 1 is 1.33 bits per heavy atom. The summed E-state index contributed by atoms with van der Waals surface area (Å²) in [5, 5.41) is 8.89. The summed E-state index contributed by atoms with van der Waals surface area (Å²) in [6.45, 7) is 3.27. The fourth-order valence-corrected chi connectivity index (χ4v) is 2.65. The minimum Gasteiger partial charge on any atom is -0.360 e. The Labute approximate surface area is 138 Å². The topological polar surface area (TPSA) is 84.2 Å². The normalized spacial score (nSPS) is 16.3. The van der Waals surface area contributed by atoms with Crippen LogP contribution in [0, 0.1) is 12.7 Å². The van der Waals surface area contributed by atoms with Crippen LogP contribution in [0.25, 0.3) is 0 Å². The molecule has 126 valence electrons. The summed E-state index contributed by atoms with van der Waals surface area (Å²) < 4.78 is 18.9. The lowest BCUT2D eigenvalue weighted by Crippen LogP contribution is -2.46. The number of nitrogens with zero attached hydrogens (tertiary/aromatic N) is 1. The van der Waals surface area contributed by atoms with Gasteiger partial charge in [0.1, 0.15) is 17.6 Å². The third-order valence-corrected chi connectivity index (χ3v) is 4.19. The number of nitrogens with one attached hydrogen (secondary N) is 2. The van der Waals surface area contributed by atoms with Gasteiger partial charge in [-0.25, -0.2) is 4.39 Å². The number of carbonyl (C=O) groups is 2. The van der Waals surface area contributed by atoms with Gasteiger partial charge in [-0.05, 0) is 32.8 Å². The maximum absolute atomic E-state index is 14.0. The molecule has 6 nitrogen and oxygen atoms in total. The van der Waals surface area contributed by atoms with Gasteiger partial charge < -0.3 is 15.2 Å². The highest BCUT2D eigenvalue weighted by molar-refractivity contribution is 5.99. The van der Waals surface area contributed by atoms with Gasteiger partial charge in [0.2, 0.25) is 11.8 Å². The van der Waals surface area contributed by atoms with Gasteiger partial charge in [-0.3, -0.25) is 9.59 Å². The smallest absolute Gasteiger partial charge is 0.247 e. The van der Waals surface area contributed by atoms with E-state index in [-0.39, 0.29) is 11.7 Å². The maximum atomic E-state index is 14.0.